The summed E-state index contributed by atoms with van der Waals surface area (Å²) in [4.78, 5) is 22.6. The van der Waals surface area contributed by atoms with Crippen molar-refractivity contribution in [1.82, 2.24) is 15.2 Å². The minimum absolute atomic E-state index is 0. The first-order chi connectivity index (χ1) is 12.0. The lowest BCUT2D eigenvalue weighted by atomic mass is 10.3. The molecule has 0 saturated heterocycles. The van der Waals surface area contributed by atoms with Crippen LogP contribution in [0.15, 0.2) is 10.4 Å². The zero-order chi connectivity index (χ0) is 18.7. The van der Waals surface area contributed by atoms with Crippen molar-refractivity contribution in [3.05, 3.63) is 16.1 Å². The summed E-state index contributed by atoms with van der Waals surface area (Å²) in [5, 5.41) is 6.29. The van der Waals surface area contributed by atoms with Crippen LogP contribution >= 0.6 is 35.3 Å². The van der Waals surface area contributed by atoms with E-state index in [0.29, 0.717) is 32.5 Å². The number of hydrogen-bond donors (Lipinski definition) is 1. The highest BCUT2D eigenvalue weighted by molar-refractivity contribution is 14.0. The number of ether oxygens (including phenoxy) is 2. The van der Waals surface area contributed by atoms with Crippen LogP contribution < -0.4 is 5.32 Å². The Labute approximate surface area is 177 Å². The molecular weight excluding hydrogens is 467 g/mol. The number of halogens is 1. The van der Waals surface area contributed by atoms with Gasteiger partial charge in [0.1, 0.15) is 11.1 Å². The molecule has 0 saturated carbocycles. The van der Waals surface area contributed by atoms with E-state index in [2.05, 4.69) is 15.3 Å². The van der Waals surface area contributed by atoms with Crippen molar-refractivity contribution in [3.63, 3.8) is 0 Å². The van der Waals surface area contributed by atoms with Crippen molar-refractivity contribution in [2.45, 2.75) is 46.3 Å². The van der Waals surface area contributed by atoms with Gasteiger partial charge in [-0.05, 0) is 27.2 Å². The first kappa shape index (κ1) is 25.1. The van der Waals surface area contributed by atoms with Gasteiger partial charge in [-0.25, -0.2) is 4.98 Å². The first-order valence-electron chi connectivity index (χ1n) is 8.63. The molecule has 9 heteroatoms. The van der Waals surface area contributed by atoms with Gasteiger partial charge in [0.2, 0.25) is 0 Å². The third-order valence-corrected chi connectivity index (χ3v) is 4.53. The molecule has 150 valence electrons. The van der Waals surface area contributed by atoms with Crippen LogP contribution in [0.5, 0.6) is 0 Å². The number of nitrogens with zero attached hydrogens (tertiary/aromatic N) is 3. The second-order valence-corrected chi connectivity index (χ2v) is 6.44. The number of thiazole rings is 1. The third-order valence-electron chi connectivity index (χ3n) is 3.47. The van der Waals surface area contributed by atoms with Crippen LogP contribution in [0.3, 0.4) is 0 Å². The maximum Gasteiger partial charge on any atom is 0.305 e. The number of rotatable bonds is 10. The van der Waals surface area contributed by atoms with Crippen LogP contribution in [0.1, 0.15) is 50.4 Å². The number of esters is 1. The van der Waals surface area contributed by atoms with Gasteiger partial charge in [-0.1, -0.05) is 0 Å². The lowest BCUT2D eigenvalue weighted by Gasteiger charge is -2.21. The van der Waals surface area contributed by atoms with E-state index in [-0.39, 0.29) is 36.0 Å². The summed E-state index contributed by atoms with van der Waals surface area (Å²) in [5.41, 5.74) is 0.989. The largest absolute Gasteiger partial charge is 0.466 e. The van der Waals surface area contributed by atoms with Crippen LogP contribution in [0, 0.1) is 0 Å². The monoisotopic (exact) mass is 498 g/mol. The summed E-state index contributed by atoms with van der Waals surface area (Å²) in [6, 6.07) is 0. The standard InChI is InChI=1S/C17H30N4O3S.HI/c1-6-18-17(19-10-8-9-15(22)24-7-2)21(4)11-14-12-25-16(20-14)13(3)23-5;/h12-13H,6-11H2,1-5H3,(H,18,19);1H. The zero-order valence-corrected chi connectivity index (χ0v) is 19.4. The number of guanidine groups is 1. The van der Waals surface area contributed by atoms with E-state index < -0.39 is 0 Å². The molecule has 1 aromatic heterocycles. The van der Waals surface area contributed by atoms with Crippen molar-refractivity contribution in [2.75, 3.05) is 33.9 Å². The smallest absolute Gasteiger partial charge is 0.305 e. The molecule has 0 fully saturated rings. The maximum absolute atomic E-state index is 11.4. The SMILES string of the molecule is CCNC(=NCCCC(=O)OCC)N(C)Cc1csc(C(C)OC)n1.I. The Morgan fingerprint density at radius 1 is 1.46 bits per heavy atom. The molecule has 1 aromatic rings. The Balaban J connectivity index is 0.00000625. The molecule has 0 aliphatic rings. The summed E-state index contributed by atoms with van der Waals surface area (Å²) in [6.07, 6.45) is 1.08. The number of aliphatic imine (C=N–C) groups is 1. The van der Waals surface area contributed by atoms with Crippen LogP contribution in [-0.4, -0.2) is 55.7 Å². The molecule has 0 amide bonds. The molecule has 0 bridgehead atoms. The molecule has 1 atom stereocenters. The van der Waals surface area contributed by atoms with Crippen molar-refractivity contribution < 1.29 is 14.3 Å². The molecule has 1 rings (SSSR count). The predicted molar refractivity (Wildman–Crippen MR) is 116 cm³/mol. The maximum atomic E-state index is 11.4. The molecule has 7 nitrogen and oxygen atoms in total. The molecule has 0 aliphatic carbocycles. The van der Waals surface area contributed by atoms with E-state index in [9.17, 15) is 4.79 Å². The van der Waals surface area contributed by atoms with Gasteiger partial charge in [-0.2, -0.15) is 0 Å². The molecule has 1 heterocycles. The normalized spacial score (nSPS) is 12.3. The van der Waals surface area contributed by atoms with Gasteiger partial charge in [-0.3, -0.25) is 9.79 Å². The summed E-state index contributed by atoms with van der Waals surface area (Å²) in [7, 11) is 3.66. The zero-order valence-electron chi connectivity index (χ0n) is 16.3. The molecule has 0 aromatic carbocycles. The fraction of sp³-hybridized carbons (Fsp3) is 0.706. The summed E-state index contributed by atoms with van der Waals surface area (Å²) >= 11 is 1.60. The minimum Gasteiger partial charge on any atom is -0.466 e. The highest BCUT2D eigenvalue weighted by Crippen LogP contribution is 2.20. The van der Waals surface area contributed by atoms with E-state index in [1.54, 1.807) is 18.4 Å². The summed E-state index contributed by atoms with van der Waals surface area (Å²) in [6.45, 7) is 8.27. The quantitative estimate of drug-likeness (QED) is 0.176. The molecule has 1 unspecified atom stereocenters. The average Bonchev–Trinajstić information content (AvgIpc) is 3.05. The van der Waals surface area contributed by atoms with Gasteiger partial charge >= 0.3 is 5.97 Å². The Morgan fingerprint density at radius 3 is 2.81 bits per heavy atom. The number of aromatic nitrogens is 1. The molecule has 26 heavy (non-hydrogen) atoms. The number of carbonyl (C=O) groups is 1. The van der Waals surface area contributed by atoms with Gasteiger partial charge in [0.15, 0.2) is 5.96 Å². The Morgan fingerprint density at radius 2 is 2.19 bits per heavy atom. The molecule has 0 radical (unpaired) electrons. The Kier molecular flexibility index (Phi) is 13.6. The number of methoxy groups -OCH3 is 1. The number of hydrogen-bond acceptors (Lipinski definition) is 6. The van der Waals surface area contributed by atoms with Crippen LogP contribution in [0.4, 0.5) is 0 Å². The molecule has 1 N–H and O–H groups in total. The van der Waals surface area contributed by atoms with E-state index in [0.717, 1.165) is 23.2 Å². The average molecular weight is 498 g/mol. The Hall–Kier alpha value is -0.940. The second kappa shape index (κ2) is 14.2. The van der Waals surface area contributed by atoms with Gasteiger partial charge in [0, 0.05) is 39.0 Å². The van der Waals surface area contributed by atoms with Crippen molar-refractivity contribution in [2.24, 2.45) is 4.99 Å². The highest BCUT2D eigenvalue weighted by Gasteiger charge is 2.12. The van der Waals surface area contributed by atoms with Crippen LogP contribution in [0.25, 0.3) is 0 Å². The lowest BCUT2D eigenvalue weighted by Crippen LogP contribution is -2.38. The topological polar surface area (TPSA) is 76.0 Å². The van der Waals surface area contributed by atoms with Crippen molar-refractivity contribution in [1.29, 1.82) is 0 Å². The minimum atomic E-state index is -0.168. The van der Waals surface area contributed by atoms with Crippen LogP contribution in [-0.2, 0) is 20.8 Å². The van der Waals surface area contributed by atoms with Gasteiger partial charge in [0.05, 0.1) is 18.8 Å². The highest BCUT2D eigenvalue weighted by atomic mass is 127. The van der Waals surface area contributed by atoms with E-state index >= 15 is 0 Å². The van der Waals surface area contributed by atoms with Crippen LogP contribution in [0.2, 0.25) is 0 Å². The molecule has 0 spiro atoms. The van der Waals surface area contributed by atoms with E-state index in [4.69, 9.17) is 9.47 Å². The number of nitrogens with one attached hydrogen (secondary N) is 1. The second-order valence-electron chi connectivity index (χ2n) is 5.56. The van der Waals surface area contributed by atoms with E-state index in [1.165, 1.54) is 0 Å². The third kappa shape index (κ3) is 9.13. The first-order valence-corrected chi connectivity index (χ1v) is 9.51. The lowest BCUT2D eigenvalue weighted by molar-refractivity contribution is -0.143. The van der Waals surface area contributed by atoms with Gasteiger partial charge < -0.3 is 19.7 Å². The predicted octanol–water partition coefficient (Wildman–Crippen LogP) is 3.21. The van der Waals surface area contributed by atoms with E-state index in [1.807, 2.05) is 38.1 Å². The van der Waals surface area contributed by atoms with Gasteiger partial charge in [0.25, 0.3) is 0 Å². The molecular formula is C17H31IN4O3S. The number of carbonyl (C=O) groups excluding carboxylic acids is 1. The Bertz CT molecular complexity index is 554. The summed E-state index contributed by atoms with van der Waals surface area (Å²) in [5.74, 6) is 0.638. The fourth-order valence-electron chi connectivity index (χ4n) is 2.11. The van der Waals surface area contributed by atoms with Crippen molar-refractivity contribution >= 4 is 47.2 Å². The summed E-state index contributed by atoms with van der Waals surface area (Å²) < 4.78 is 10.2. The fourth-order valence-corrected chi connectivity index (χ4v) is 2.95. The van der Waals surface area contributed by atoms with Gasteiger partial charge in [-0.15, -0.1) is 35.3 Å². The van der Waals surface area contributed by atoms with Crippen molar-refractivity contribution in [3.8, 4) is 0 Å². The molecule has 0 aliphatic heterocycles.